The van der Waals surface area contributed by atoms with E-state index in [2.05, 4.69) is 86.4 Å². The van der Waals surface area contributed by atoms with E-state index in [0.717, 1.165) is 38.6 Å². The maximum Gasteiger partial charge on any atom is 0.191 e. The highest BCUT2D eigenvalue weighted by Crippen LogP contribution is 2.24. The molecule has 2 N–H and O–H groups in total. The smallest absolute Gasteiger partial charge is 0.191 e. The summed E-state index contributed by atoms with van der Waals surface area (Å²) in [7, 11) is 2.21. The zero-order chi connectivity index (χ0) is 21.3. The summed E-state index contributed by atoms with van der Waals surface area (Å²) >= 11 is 0. The Labute approximate surface area is 202 Å². The second-order valence-corrected chi connectivity index (χ2v) is 9.22. The first-order valence-electron chi connectivity index (χ1n) is 11.4. The number of halogens is 1. The molecular formula is C24H44IN5. The van der Waals surface area contributed by atoms with Gasteiger partial charge in [0, 0.05) is 51.2 Å². The molecule has 1 unspecified atom stereocenters. The Balaban J connectivity index is 0.00000450. The van der Waals surface area contributed by atoms with E-state index in [0.29, 0.717) is 5.92 Å². The Hall–Kier alpha value is -0.860. The van der Waals surface area contributed by atoms with E-state index in [1.807, 2.05) is 0 Å². The third-order valence-corrected chi connectivity index (χ3v) is 5.90. The highest BCUT2D eigenvalue weighted by molar-refractivity contribution is 14.0. The van der Waals surface area contributed by atoms with Crippen LogP contribution in [0.5, 0.6) is 0 Å². The van der Waals surface area contributed by atoms with Crippen molar-refractivity contribution in [3.63, 3.8) is 0 Å². The van der Waals surface area contributed by atoms with Crippen molar-refractivity contribution in [1.82, 2.24) is 20.4 Å². The molecule has 0 spiro atoms. The predicted molar refractivity (Wildman–Crippen MR) is 141 cm³/mol. The third-order valence-electron chi connectivity index (χ3n) is 5.90. The van der Waals surface area contributed by atoms with E-state index < -0.39 is 0 Å². The molecule has 1 saturated heterocycles. The molecule has 1 aromatic rings. The molecule has 30 heavy (non-hydrogen) atoms. The summed E-state index contributed by atoms with van der Waals surface area (Å²) in [6, 6.07) is 8.99. The number of rotatable bonds is 9. The molecule has 0 amide bonds. The van der Waals surface area contributed by atoms with Crippen LogP contribution in [0.15, 0.2) is 29.3 Å². The van der Waals surface area contributed by atoms with Gasteiger partial charge in [0.25, 0.3) is 0 Å². The van der Waals surface area contributed by atoms with Gasteiger partial charge in [-0.2, -0.15) is 0 Å². The van der Waals surface area contributed by atoms with Crippen LogP contribution in [0, 0.1) is 5.92 Å². The van der Waals surface area contributed by atoms with Crippen LogP contribution in [0.4, 0.5) is 0 Å². The fourth-order valence-corrected chi connectivity index (χ4v) is 3.71. The van der Waals surface area contributed by atoms with Gasteiger partial charge in [0.1, 0.15) is 0 Å². The highest BCUT2D eigenvalue weighted by atomic mass is 127. The van der Waals surface area contributed by atoms with Crippen LogP contribution in [0.2, 0.25) is 0 Å². The van der Waals surface area contributed by atoms with Crippen LogP contribution in [0.3, 0.4) is 0 Å². The summed E-state index contributed by atoms with van der Waals surface area (Å²) in [5.41, 5.74) is 2.75. The maximum atomic E-state index is 4.91. The van der Waals surface area contributed by atoms with Crippen molar-refractivity contribution < 1.29 is 0 Å². The lowest BCUT2D eigenvalue weighted by Crippen LogP contribution is -2.47. The fraction of sp³-hybridized carbons (Fsp3) is 0.708. The lowest BCUT2D eigenvalue weighted by molar-refractivity contribution is 0.139. The first-order valence-corrected chi connectivity index (χ1v) is 11.4. The molecule has 1 aliphatic heterocycles. The normalized spacial score (nSPS) is 17.3. The number of aliphatic imine (C=N–C) groups is 1. The molecule has 172 valence electrons. The zero-order valence-electron chi connectivity index (χ0n) is 20.0. The van der Waals surface area contributed by atoms with Gasteiger partial charge in [0.15, 0.2) is 5.96 Å². The molecule has 1 fully saturated rings. The van der Waals surface area contributed by atoms with Gasteiger partial charge in [-0.25, -0.2) is 0 Å². The van der Waals surface area contributed by atoms with Crippen molar-refractivity contribution in [3.8, 4) is 0 Å². The molecule has 6 heteroatoms. The number of likely N-dealkylation sites (N-methyl/N-ethyl adjacent to an activating group) is 1. The molecule has 1 aliphatic rings. The summed E-state index contributed by atoms with van der Waals surface area (Å²) in [6.45, 7) is 19.7. The van der Waals surface area contributed by atoms with E-state index >= 15 is 0 Å². The van der Waals surface area contributed by atoms with Crippen LogP contribution in [-0.4, -0.2) is 75.2 Å². The number of nitrogens with zero attached hydrogens (tertiary/aromatic N) is 3. The molecular weight excluding hydrogens is 485 g/mol. The fourth-order valence-electron chi connectivity index (χ4n) is 3.71. The van der Waals surface area contributed by atoms with E-state index in [4.69, 9.17) is 4.99 Å². The van der Waals surface area contributed by atoms with Crippen LogP contribution < -0.4 is 10.6 Å². The largest absolute Gasteiger partial charge is 0.357 e. The average molecular weight is 530 g/mol. The lowest BCUT2D eigenvalue weighted by atomic mass is 9.84. The van der Waals surface area contributed by atoms with Crippen molar-refractivity contribution in [1.29, 1.82) is 0 Å². The van der Waals surface area contributed by atoms with Crippen LogP contribution in [-0.2, 0) is 11.8 Å². The molecule has 5 nitrogen and oxygen atoms in total. The molecule has 0 radical (unpaired) electrons. The number of hydrogen-bond acceptors (Lipinski definition) is 3. The second-order valence-electron chi connectivity index (χ2n) is 9.22. The summed E-state index contributed by atoms with van der Waals surface area (Å²) in [5, 5.41) is 6.97. The van der Waals surface area contributed by atoms with Crippen LogP contribution in [0.1, 0.15) is 45.7 Å². The Morgan fingerprint density at radius 3 is 2.27 bits per heavy atom. The van der Waals surface area contributed by atoms with E-state index in [-0.39, 0.29) is 29.4 Å². The minimum absolute atomic E-state index is 0. The van der Waals surface area contributed by atoms with Crippen molar-refractivity contribution in [2.45, 2.75) is 46.5 Å². The SMILES string of the molecule is CCNC(=NCC(C)(C)c1ccc(CC)cc1)NCC(C)CN1CCN(C)CC1.I. The monoisotopic (exact) mass is 529 g/mol. The lowest BCUT2D eigenvalue weighted by Gasteiger charge is -2.34. The Morgan fingerprint density at radius 1 is 1.07 bits per heavy atom. The highest BCUT2D eigenvalue weighted by Gasteiger charge is 2.21. The Morgan fingerprint density at radius 2 is 1.70 bits per heavy atom. The number of hydrogen-bond donors (Lipinski definition) is 2. The van der Waals surface area contributed by atoms with Gasteiger partial charge in [0.2, 0.25) is 0 Å². The molecule has 0 saturated carbocycles. The van der Waals surface area contributed by atoms with Gasteiger partial charge < -0.3 is 20.4 Å². The molecule has 1 atom stereocenters. The summed E-state index contributed by atoms with van der Waals surface area (Å²) in [6.07, 6.45) is 1.08. The van der Waals surface area contributed by atoms with Crippen molar-refractivity contribution in [2.75, 3.05) is 59.4 Å². The standard InChI is InChI=1S/C24H43N5.HI/c1-7-21-9-11-22(12-10-21)24(4,5)19-27-23(25-8-2)26-17-20(3)18-29-15-13-28(6)14-16-29;/h9-12,20H,7-8,13-19H2,1-6H3,(H2,25,26,27);1H. The average Bonchev–Trinajstić information content (AvgIpc) is 2.72. The number of piperazine rings is 1. The van der Waals surface area contributed by atoms with Crippen LogP contribution in [0.25, 0.3) is 0 Å². The van der Waals surface area contributed by atoms with Crippen molar-refractivity contribution in [2.24, 2.45) is 10.9 Å². The van der Waals surface area contributed by atoms with E-state index in [9.17, 15) is 0 Å². The quantitative estimate of drug-likeness (QED) is 0.292. The Kier molecular flexibility index (Phi) is 12.3. The maximum absolute atomic E-state index is 4.91. The zero-order valence-corrected chi connectivity index (χ0v) is 22.3. The number of nitrogens with one attached hydrogen (secondary N) is 2. The molecule has 1 heterocycles. The van der Waals surface area contributed by atoms with Gasteiger partial charge in [-0.05, 0) is 37.4 Å². The van der Waals surface area contributed by atoms with Gasteiger partial charge in [0.05, 0.1) is 6.54 Å². The van der Waals surface area contributed by atoms with Gasteiger partial charge in [-0.3, -0.25) is 4.99 Å². The van der Waals surface area contributed by atoms with Gasteiger partial charge >= 0.3 is 0 Å². The molecule has 0 aromatic heterocycles. The first kappa shape index (κ1) is 27.2. The number of aryl methyl sites for hydroxylation is 1. The van der Waals surface area contributed by atoms with Crippen LogP contribution >= 0.6 is 24.0 Å². The second kappa shape index (κ2) is 13.5. The van der Waals surface area contributed by atoms with Gasteiger partial charge in [-0.1, -0.05) is 52.0 Å². The minimum atomic E-state index is 0. The molecule has 2 rings (SSSR count). The topological polar surface area (TPSA) is 42.9 Å². The first-order chi connectivity index (χ1) is 13.8. The number of guanidine groups is 1. The van der Waals surface area contributed by atoms with E-state index in [1.54, 1.807) is 0 Å². The molecule has 1 aromatic carbocycles. The van der Waals surface area contributed by atoms with Crippen molar-refractivity contribution >= 4 is 29.9 Å². The third kappa shape index (κ3) is 9.10. The number of benzene rings is 1. The summed E-state index contributed by atoms with van der Waals surface area (Å²) in [4.78, 5) is 9.90. The van der Waals surface area contributed by atoms with Gasteiger partial charge in [-0.15, -0.1) is 24.0 Å². The Bertz CT molecular complexity index is 621. The summed E-state index contributed by atoms with van der Waals surface area (Å²) in [5.74, 6) is 1.52. The van der Waals surface area contributed by atoms with E-state index in [1.165, 1.54) is 37.3 Å². The predicted octanol–water partition coefficient (Wildman–Crippen LogP) is 3.58. The van der Waals surface area contributed by atoms with Crippen molar-refractivity contribution in [3.05, 3.63) is 35.4 Å². The summed E-state index contributed by atoms with van der Waals surface area (Å²) < 4.78 is 0. The molecule has 0 aliphatic carbocycles. The molecule has 0 bridgehead atoms. The minimum Gasteiger partial charge on any atom is -0.357 e.